The van der Waals surface area contributed by atoms with Crippen LogP contribution in [0, 0.1) is 6.92 Å². The molecule has 0 aliphatic rings. The molecule has 0 fully saturated rings. The number of nitrogens with one attached hydrogen (secondary N) is 1. The predicted octanol–water partition coefficient (Wildman–Crippen LogP) is 3.49. The number of rotatable bonds is 4. The molecule has 1 unspecified atom stereocenters. The van der Waals surface area contributed by atoms with Crippen LogP contribution in [0.5, 0.6) is 0 Å². The van der Waals surface area contributed by atoms with Crippen LogP contribution in [-0.4, -0.2) is 0 Å². The molecule has 3 nitrogen and oxygen atoms in total. The van der Waals surface area contributed by atoms with Gasteiger partial charge in [0, 0.05) is 0 Å². The average Bonchev–Trinajstić information content (AvgIpc) is 2.91. The fraction of sp³-hybridized carbons (Fsp3) is 0.176. The van der Waals surface area contributed by atoms with Crippen LogP contribution in [0.15, 0.2) is 59.2 Å². The molecule has 0 amide bonds. The molecule has 3 aromatic rings. The van der Waals surface area contributed by atoms with Gasteiger partial charge in [-0.1, -0.05) is 42.5 Å². The molecule has 3 N–H and O–H groups in total. The van der Waals surface area contributed by atoms with Crippen LogP contribution in [0.25, 0.3) is 10.8 Å². The first-order valence-corrected chi connectivity index (χ1v) is 6.76. The summed E-state index contributed by atoms with van der Waals surface area (Å²) in [5.41, 5.74) is 5.25. The summed E-state index contributed by atoms with van der Waals surface area (Å²) in [5.74, 6) is 6.62. The molecule has 1 aromatic heterocycles. The minimum absolute atomic E-state index is 0.0178. The van der Waals surface area contributed by atoms with Gasteiger partial charge in [0.05, 0.1) is 12.3 Å². The lowest BCUT2D eigenvalue weighted by atomic mass is 9.97. The molecule has 102 valence electrons. The van der Waals surface area contributed by atoms with Gasteiger partial charge in [0.25, 0.3) is 0 Å². The maximum atomic E-state index is 5.71. The zero-order valence-electron chi connectivity index (χ0n) is 11.5. The van der Waals surface area contributed by atoms with Crippen molar-refractivity contribution in [3.63, 3.8) is 0 Å². The second-order valence-electron chi connectivity index (χ2n) is 5.03. The van der Waals surface area contributed by atoms with E-state index in [9.17, 15) is 0 Å². The summed E-state index contributed by atoms with van der Waals surface area (Å²) in [6, 6.07) is 16.7. The third-order valence-electron chi connectivity index (χ3n) is 3.72. The van der Waals surface area contributed by atoms with E-state index in [0.29, 0.717) is 0 Å². The number of aryl methyl sites for hydroxylation is 1. The summed E-state index contributed by atoms with van der Waals surface area (Å²) < 4.78 is 5.56. The lowest BCUT2D eigenvalue weighted by molar-refractivity contribution is 0.414. The summed E-state index contributed by atoms with van der Waals surface area (Å²) in [6.07, 6.45) is 2.50. The van der Waals surface area contributed by atoms with Crippen molar-refractivity contribution in [3.05, 3.63) is 71.7 Å². The van der Waals surface area contributed by atoms with Crippen molar-refractivity contribution >= 4 is 10.8 Å². The lowest BCUT2D eigenvalue weighted by Crippen LogP contribution is -2.29. The maximum Gasteiger partial charge on any atom is 0.125 e. The lowest BCUT2D eigenvalue weighted by Gasteiger charge is -2.16. The third-order valence-corrected chi connectivity index (χ3v) is 3.72. The summed E-state index contributed by atoms with van der Waals surface area (Å²) in [5, 5.41) is 2.51. The quantitative estimate of drug-likeness (QED) is 0.561. The van der Waals surface area contributed by atoms with E-state index in [1.165, 1.54) is 16.3 Å². The molecule has 0 saturated carbocycles. The first-order chi connectivity index (χ1) is 9.79. The molecule has 3 rings (SSSR count). The van der Waals surface area contributed by atoms with E-state index in [4.69, 9.17) is 10.3 Å². The van der Waals surface area contributed by atoms with Crippen molar-refractivity contribution < 1.29 is 4.42 Å². The van der Waals surface area contributed by atoms with Crippen LogP contribution in [-0.2, 0) is 6.42 Å². The minimum atomic E-state index is -0.0178. The zero-order valence-corrected chi connectivity index (χ0v) is 11.5. The summed E-state index contributed by atoms with van der Waals surface area (Å²) >= 11 is 0. The van der Waals surface area contributed by atoms with E-state index in [1.807, 2.05) is 13.0 Å². The van der Waals surface area contributed by atoms with Gasteiger partial charge in [-0.25, -0.2) is 5.43 Å². The van der Waals surface area contributed by atoms with Crippen molar-refractivity contribution in [2.75, 3.05) is 0 Å². The number of nitrogens with two attached hydrogens (primary N) is 1. The van der Waals surface area contributed by atoms with Crippen molar-refractivity contribution in [3.8, 4) is 0 Å². The highest BCUT2D eigenvalue weighted by atomic mass is 16.3. The second-order valence-corrected chi connectivity index (χ2v) is 5.03. The standard InChI is InChI=1S/C17H18N2O/c1-12-9-10-20-17(12)16(19-18)11-14-7-4-6-13-5-2-3-8-15(13)14/h2-10,16,19H,11,18H2,1H3. The molecular weight excluding hydrogens is 248 g/mol. The molecule has 0 radical (unpaired) electrons. The number of hydrogen-bond acceptors (Lipinski definition) is 3. The van der Waals surface area contributed by atoms with E-state index in [-0.39, 0.29) is 6.04 Å². The Labute approximate surface area is 118 Å². The fourth-order valence-corrected chi connectivity index (χ4v) is 2.66. The summed E-state index contributed by atoms with van der Waals surface area (Å²) in [4.78, 5) is 0. The zero-order chi connectivity index (χ0) is 13.9. The Morgan fingerprint density at radius 3 is 2.65 bits per heavy atom. The van der Waals surface area contributed by atoms with Crippen LogP contribution < -0.4 is 11.3 Å². The molecule has 0 saturated heterocycles. The summed E-state index contributed by atoms with van der Waals surface area (Å²) in [7, 11) is 0. The van der Waals surface area contributed by atoms with Gasteiger partial charge in [0.15, 0.2) is 0 Å². The topological polar surface area (TPSA) is 51.2 Å². The van der Waals surface area contributed by atoms with E-state index in [1.54, 1.807) is 6.26 Å². The minimum Gasteiger partial charge on any atom is -0.467 e. The normalized spacial score (nSPS) is 12.7. The Hall–Kier alpha value is -2.10. The Kier molecular flexibility index (Phi) is 3.54. The van der Waals surface area contributed by atoms with Gasteiger partial charge in [-0.3, -0.25) is 5.84 Å². The molecule has 1 heterocycles. The smallest absolute Gasteiger partial charge is 0.125 e. The Balaban J connectivity index is 1.98. The van der Waals surface area contributed by atoms with Gasteiger partial charge >= 0.3 is 0 Å². The summed E-state index contributed by atoms with van der Waals surface area (Å²) in [6.45, 7) is 2.03. The Morgan fingerprint density at radius 2 is 1.90 bits per heavy atom. The average molecular weight is 266 g/mol. The largest absolute Gasteiger partial charge is 0.467 e. The van der Waals surface area contributed by atoms with Crippen LogP contribution in [0.2, 0.25) is 0 Å². The Bertz CT molecular complexity index is 712. The fourth-order valence-electron chi connectivity index (χ4n) is 2.66. The van der Waals surface area contributed by atoms with Crippen LogP contribution in [0.3, 0.4) is 0 Å². The third kappa shape index (κ3) is 2.33. The van der Waals surface area contributed by atoms with Gasteiger partial charge in [-0.2, -0.15) is 0 Å². The van der Waals surface area contributed by atoms with E-state index in [2.05, 4.69) is 47.9 Å². The van der Waals surface area contributed by atoms with Gasteiger partial charge < -0.3 is 4.42 Å². The van der Waals surface area contributed by atoms with E-state index >= 15 is 0 Å². The van der Waals surface area contributed by atoms with Crippen molar-refractivity contribution in [2.45, 2.75) is 19.4 Å². The highest BCUT2D eigenvalue weighted by Gasteiger charge is 2.17. The maximum absolute atomic E-state index is 5.71. The van der Waals surface area contributed by atoms with E-state index < -0.39 is 0 Å². The molecule has 1 atom stereocenters. The first kappa shape index (κ1) is 12.9. The molecular formula is C17H18N2O. The van der Waals surface area contributed by atoms with Crippen molar-refractivity contribution in [1.82, 2.24) is 5.43 Å². The molecule has 0 spiro atoms. The molecule has 0 aliphatic carbocycles. The SMILES string of the molecule is Cc1ccoc1C(Cc1cccc2ccccc12)NN. The number of hydrazine groups is 1. The van der Waals surface area contributed by atoms with Crippen LogP contribution in [0.1, 0.15) is 22.9 Å². The monoisotopic (exact) mass is 266 g/mol. The van der Waals surface area contributed by atoms with Crippen LogP contribution >= 0.6 is 0 Å². The molecule has 2 aromatic carbocycles. The second kappa shape index (κ2) is 5.49. The van der Waals surface area contributed by atoms with Crippen LogP contribution in [0.4, 0.5) is 0 Å². The number of hydrogen-bond donors (Lipinski definition) is 2. The van der Waals surface area contributed by atoms with Crippen molar-refractivity contribution in [2.24, 2.45) is 5.84 Å². The van der Waals surface area contributed by atoms with Gasteiger partial charge in [0.1, 0.15) is 5.76 Å². The van der Waals surface area contributed by atoms with Gasteiger partial charge in [-0.15, -0.1) is 0 Å². The molecule has 3 heteroatoms. The molecule has 0 aliphatic heterocycles. The van der Waals surface area contributed by atoms with Crippen molar-refractivity contribution in [1.29, 1.82) is 0 Å². The number of benzene rings is 2. The Morgan fingerprint density at radius 1 is 1.10 bits per heavy atom. The van der Waals surface area contributed by atoms with E-state index in [0.717, 1.165) is 17.7 Å². The first-order valence-electron chi connectivity index (χ1n) is 6.76. The highest BCUT2D eigenvalue weighted by molar-refractivity contribution is 5.85. The number of fused-ring (bicyclic) bond motifs is 1. The predicted molar refractivity (Wildman–Crippen MR) is 81.2 cm³/mol. The molecule has 20 heavy (non-hydrogen) atoms. The number of furan rings is 1. The van der Waals surface area contributed by atoms with Gasteiger partial charge in [0.2, 0.25) is 0 Å². The molecule has 0 bridgehead atoms. The highest BCUT2D eigenvalue weighted by Crippen LogP contribution is 2.26. The van der Waals surface area contributed by atoms with Gasteiger partial charge in [-0.05, 0) is 41.3 Å².